The highest BCUT2D eigenvalue weighted by atomic mass is 15.1. The van der Waals surface area contributed by atoms with Crippen LogP contribution in [0.5, 0.6) is 0 Å². The van der Waals surface area contributed by atoms with Gasteiger partial charge in [0, 0.05) is 18.8 Å². The molecule has 21 heavy (non-hydrogen) atoms. The fourth-order valence-electron chi connectivity index (χ4n) is 3.31. The quantitative estimate of drug-likeness (QED) is 0.342. The van der Waals surface area contributed by atoms with Gasteiger partial charge in [0.05, 0.1) is 0 Å². The number of nitrogens with zero attached hydrogens (tertiary/aromatic N) is 1. The molecule has 0 spiro atoms. The van der Waals surface area contributed by atoms with Crippen molar-refractivity contribution in [2.24, 2.45) is 0 Å². The fourth-order valence-corrected chi connectivity index (χ4v) is 3.31. The Balaban J connectivity index is 1.96. The normalized spacial score (nSPS) is 17.0. The number of unbranched alkanes of at least 4 members (excludes halogenated alkanes) is 10. The molecule has 0 radical (unpaired) electrons. The van der Waals surface area contributed by atoms with Crippen LogP contribution in [-0.4, -0.2) is 18.0 Å². The molecule has 0 aliphatic carbocycles. The Hall–Kier alpha value is -0.460. The second-order valence-corrected chi connectivity index (χ2v) is 6.76. The summed E-state index contributed by atoms with van der Waals surface area (Å²) in [4.78, 5) is 2.64. The number of hydrogen-bond acceptors (Lipinski definition) is 1. The third-order valence-corrected chi connectivity index (χ3v) is 4.74. The van der Waals surface area contributed by atoms with E-state index in [4.69, 9.17) is 0 Å². The largest absolute Gasteiger partial charge is 0.375 e. The van der Waals surface area contributed by atoms with Gasteiger partial charge in [0.1, 0.15) is 0 Å². The van der Waals surface area contributed by atoms with Gasteiger partial charge in [0.15, 0.2) is 0 Å². The highest BCUT2D eigenvalue weighted by Gasteiger charge is 2.15. The first-order valence-corrected chi connectivity index (χ1v) is 9.82. The van der Waals surface area contributed by atoms with Gasteiger partial charge >= 0.3 is 0 Å². The predicted octanol–water partition coefficient (Wildman–Crippen LogP) is 6.69. The van der Waals surface area contributed by atoms with Gasteiger partial charge in [-0.15, -0.1) is 0 Å². The molecule has 1 aliphatic rings. The van der Waals surface area contributed by atoms with Crippen molar-refractivity contribution >= 4 is 0 Å². The molecule has 0 saturated carbocycles. The molecule has 0 amide bonds. The van der Waals surface area contributed by atoms with Gasteiger partial charge < -0.3 is 4.90 Å². The van der Waals surface area contributed by atoms with E-state index in [0.717, 1.165) is 0 Å². The summed E-state index contributed by atoms with van der Waals surface area (Å²) < 4.78 is 0. The summed E-state index contributed by atoms with van der Waals surface area (Å²) in [6.45, 7) is 7.19. The van der Waals surface area contributed by atoms with E-state index in [0.29, 0.717) is 0 Å². The molecule has 0 aromatic rings. The summed E-state index contributed by atoms with van der Waals surface area (Å²) in [7, 11) is 0. The lowest BCUT2D eigenvalue weighted by Gasteiger charge is -2.19. The molecule has 0 N–H and O–H groups in total. The Morgan fingerprint density at radius 3 is 2.10 bits per heavy atom. The molecule has 1 heterocycles. The Morgan fingerprint density at radius 1 is 0.810 bits per heavy atom. The Labute approximate surface area is 134 Å². The van der Waals surface area contributed by atoms with Crippen LogP contribution in [0.3, 0.4) is 0 Å². The predicted molar refractivity (Wildman–Crippen MR) is 95.6 cm³/mol. The molecule has 0 unspecified atom stereocenters. The van der Waals surface area contributed by atoms with Crippen molar-refractivity contribution in [3.8, 4) is 0 Å². The lowest BCUT2D eigenvalue weighted by Crippen LogP contribution is -2.18. The minimum atomic E-state index is 1.29. The highest BCUT2D eigenvalue weighted by Crippen LogP contribution is 2.22. The van der Waals surface area contributed by atoms with Crippen LogP contribution in [0.2, 0.25) is 0 Å². The monoisotopic (exact) mass is 293 g/mol. The van der Waals surface area contributed by atoms with Gasteiger partial charge in [-0.05, 0) is 32.1 Å². The third kappa shape index (κ3) is 9.22. The minimum Gasteiger partial charge on any atom is -0.375 e. The molecule has 124 valence electrons. The molecule has 1 nitrogen and oxygen atoms in total. The standard InChI is InChI=1S/C20H39N/c1-3-5-7-8-9-10-11-12-13-14-16-20-17-15-19-21(20)18-6-4-2/h16H,3-15,17-19H2,1-2H3. The lowest BCUT2D eigenvalue weighted by molar-refractivity contribution is 0.381. The van der Waals surface area contributed by atoms with Crippen LogP contribution in [0.25, 0.3) is 0 Å². The second kappa shape index (κ2) is 13.2. The van der Waals surface area contributed by atoms with Gasteiger partial charge in [-0.2, -0.15) is 0 Å². The van der Waals surface area contributed by atoms with E-state index in [1.54, 1.807) is 5.70 Å². The van der Waals surface area contributed by atoms with Crippen molar-refractivity contribution in [1.82, 2.24) is 4.90 Å². The van der Waals surface area contributed by atoms with E-state index in [9.17, 15) is 0 Å². The molecule has 0 atom stereocenters. The molecule has 1 heteroatoms. The molecular weight excluding hydrogens is 254 g/mol. The molecule has 1 saturated heterocycles. The molecule has 1 rings (SSSR count). The van der Waals surface area contributed by atoms with Crippen LogP contribution in [0.4, 0.5) is 0 Å². The van der Waals surface area contributed by atoms with Gasteiger partial charge in [-0.25, -0.2) is 0 Å². The van der Waals surface area contributed by atoms with Crippen LogP contribution in [-0.2, 0) is 0 Å². The summed E-state index contributed by atoms with van der Waals surface area (Å²) in [6, 6.07) is 0. The zero-order valence-corrected chi connectivity index (χ0v) is 14.8. The van der Waals surface area contributed by atoms with Crippen LogP contribution < -0.4 is 0 Å². The first kappa shape index (κ1) is 18.6. The molecular formula is C20H39N. The van der Waals surface area contributed by atoms with E-state index >= 15 is 0 Å². The summed E-state index contributed by atoms with van der Waals surface area (Å²) in [5.41, 5.74) is 1.66. The van der Waals surface area contributed by atoms with Gasteiger partial charge in [0.2, 0.25) is 0 Å². The maximum absolute atomic E-state index is 2.64. The van der Waals surface area contributed by atoms with E-state index in [2.05, 4.69) is 24.8 Å². The molecule has 0 aromatic heterocycles. The van der Waals surface area contributed by atoms with Gasteiger partial charge in [-0.1, -0.05) is 77.7 Å². The summed E-state index contributed by atoms with van der Waals surface area (Å²) in [5, 5.41) is 0. The van der Waals surface area contributed by atoms with E-state index in [1.807, 2.05) is 0 Å². The SMILES string of the molecule is CCCCCCCCCCCC=C1CCCN1CCCC. The van der Waals surface area contributed by atoms with Crippen molar-refractivity contribution in [3.63, 3.8) is 0 Å². The average molecular weight is 294 g/mol. The smallest absolute Gasteiger partial charge is 0.0178 e. The van der Waals surface area contributed by atoms with Crippen LogP contribution >= 0.6 is 0 Å². The second-order valence-electron chi connectivity index (χ2n) is 6.76. The Bertz CT molecular complexity index is 257. The number of hydrogen-bond donors (Lipinski definition) is 0. The molecule has 0 aromatic carbocycles. The Morgan fingerprint density at radius 2 is 1.43 bits per heavy atom. The summed E-state index contributed by atoms with van der Waals surface area (Å²) in [6.07, 6.45) is 22.2. The van der Waals surface area contributed by atoms with E-state index in [1.165, 1.54) is 103 Å². The maximum atomic E-state index is 2.64. The topological polar surface area (TPSA) is 3.24 Å². The first-order valence-electron chi connectivity index (χ1n) is 9.82. The van der Waals surface area contributed by atoms with Crippen LogP contribution in [0.15, 0.2) is 11.8 Å². The first-order chi connectivity index (χ1) is 10.4. The van der Waals surface area contributed by atoms with E-state index in [-0.39, 0.29) is 0 Å². The van der Waals surface area contributed by atoms with Crippen LogP contribution in [0.1, 0.15) is 104 Å². The van der Waals surface area contributed by atoms with E-state index < -0.39 is 0 Å². The van der Waals surface area contributed by atoms with Crippen molar-refractivity contribution in [2.45, 2.75) is 104 Å². The average Bonchev–Trinajstić information content (AvgIpc) is 2.94. The number of rotatable bonds is 13. The van der Waals surface area contributed by atoms with Crippen molar-refractivity contribution in [2.75, 3.05) is 13.1 Å². The summed E-state index contributed by atoms with van der Waals surface area (Å²) >= 11 is 0. The minimum absolute atomic E-state index is 1.29. The zero-order chi connectivity index (χ0) is 15.2. The van der Waals surface area contributed by atoms with Gasteiger partial charge in [0.25, 0.3) is 0 Å². The zero-order valence-electron chi connectivity index (χ0n) is 14.8. The van der Waals surface area contributed by atoms with Crippen LogP contribution in [0, 0.1) is 0 Å². The molecule has 1 aliphatic heterocycles. The van der Waals surface area contributed by atoms with Crippen molar-refractivity contribution in [1.29, 1.82) is 0 Å². The fraction of sp³-hybridized carbons (Fsp3) is 0.900. The lowest BCUT2D eigenvalue weighted by atomic mass is 10.1. The van der Waals surface area contributed by atoms with Gasteiger partial charge in [-0.3, -0.25) is 0 Å². The maximum Gasteiger partial charge on any atom is 0.0178 e. The third-order valence-electron chi connectivity index (χ3n) is 4.74. The number of likely N-dealkylation sites (tertiary alicyclic amines) is 1. The number of allylic oxidation sites excluding steroid dienone is 2. The highest BCUT2D eigenvalue weighted by molar-refractivity contribution is 5.05. The Kier molecular flexibility index (Phi) is 11.7. The molecule has 0 bridgehead atoms. The van der Waals surface area contributed by atoms with Crippen molar-refractivity contribution in [3.05, 3.63) is 11.8 Å². The summed E-state index contributed by atoms with van der Waals surface area (Å²) in [5.74, 6) is 0. The molecule has 1 fully saturated rings. The van der Waals surface area contributed by atoms with Crippen molar-refractivity contribution < 1.29 is 0 Å².